The Labute approximate surface area is 220 Å². The van der Waals surface area contributed by atoms with Gasteiger partial charge in [-0.05, 0) is 24.6 Å². The molecular formula is C25H23F3N10O. The summed E-state index contributed by atoms with van der Waals surface area (Å²) in [4.78, 5) is 13.7. The highest BCUT2D eigenvalue weighted by Gasteiger charge is 2.45. The van der Waals surface area contributed by atoms with E-state index in [4.69, 9.17) is 9.72 Å². The molecule has 0 aliphatic carbocycles. The van der Waals surface area contributed by atoms with Crippen molar-refractivity contribution in [2.75, 3.05) is 19.0 Å². The number of fused-ring (bicyclic) bond motifs is 3. The zero-order valence-electron chi connectivity index (χ0n) is 21.2. The summed E-state index contributed by atoms with van der Waals surface area (Å²) in [6.07, 6.45) is 5.11. The number of methoxy groups -OCH3 is 1. The van der Waals surface area contributed by atoms with Gasteiger partial charge < -0.3 is 14.6 Å². The molecule has 0 unspecified atom stereocenters. The minimum atomic E-state index is -3.74. The van der Waals surface area contributed by atoms with E-state index >= 15 is 8.78 Å². The lowest BCUT2D eigenvalue weighted by Gasteiger charge is -2.28. The van der Waals surface area contributed by atoms with E-state index in [2.05, 4.69) is 30.6 Å². The topological polar surface area (TPSA) is 113 Å². The van der Waals surface area contributed by atoms with E-state index in [9.17, 15) is 4.39 Å². The molecule has 5 aromatic rings. The number of imidazole rings is 1. The predicted octanol–water partition coefficient (Wildman–Crippen LogP) is 3.86. The Kier molecular flexibility index (Phi) is 5.90. The number of aromatic nitrogens is 9. The third-order valence-electron chi connectivity index (χ3n) is 6.57. The molecule has 11 nitrogen and oxygen atoms in total. The number of alkyl halides is 2. The summed E-state index contributed by atoms with van der Waals surface area (Å²) in [7, 11) is 3.27. The monoisotopic (exact) mass is 536 g/mol. The number of ether oxygens (including phenoxy) is 1. The average molecular weight is 537 g/mol. The molecule has 4 aromatic heterocycles. The number of anilines is 2. The van der Waals surface area contributed by atoms with Gasteiger partial charge >= 0.3 is 5.92 Å². The van der Waals surface area contributed by atoms with E-state index < -0.39 is 29.2 Å². The first-order valence-electron chi connectivity index (χ1n) is 12.0. The van der Waals surface area contributed by atoms with E-state index in [1.165, 1.54) is 23.8 Å². The maximum absolute atomic E-state index is 15.6. The van der Waals surface area contributed by atoms with Gasteiger partial charge in [0.15, 0.2) is 5.82 Å². The first kappa shape index (κ1) is 24.7. The van der Waals surface area contributed by atoms with Crippen LogP contribution in [0.15, 0.2) is 48.9 Å². The zero-order valence-corrected chi connectivity index (χ0v) is 21.2. The van der Waals surface area contributed by atoms with Crippen LogP contribution in [-0.4, -0.2) is 57.8 Å². The van der Waals surface area contributed by atoms with E-state index in [0.717, 1.165) is 17.7 Å². The lowest BCUT2D eigenvalue weighted by molar-refractivity contribution is 0.0199. The predicted molar refractivity (Wildman–Crippen MR) is 134 cm³/mol. The molecule has 1 atom stereocenters. The first-order valence-corrected chi connectivity index (χ1v) is 12.0. The van der Waals surface area contributed by atoms with Crippen molar-refractivity contribution in [3.63, 3.8) is 0 Å². The van der Waals surface area contributed by atoms with Crippen LogP contribution in [0.4, 0.5) is 24.9 Å². The second-order valence-corrected chi connectivity index (χ2v) is 9.17. The maximum Gasteiger partial charge on any atom is 0.334 e. The zero-order chi connectivity index (χ0) is 27.3. The number of aryl methyl sites for hydroxylation is 2. The number of nitrogens with one attached hydrogen (secondary N) is 1. The van der Waals surface area contributed by atoms with Crippen LogP contribution < -0.4 is 5.32 Å². The highest BCUT2D eigenvalue weighted by molar-refractivity contribution is 5.64. The fourth-order valence-electron chi connectivity index (χ4n) is 4.69. The molecule has 0 bridgehead atoms. The molecule has 0 radical (unpaired) electrons. The summed E-state index contributed by atoms with van der Waals surface area (Å²) in [6, 6.07) is 5.94. The minimum absolute atomic E-state index is 0.101. The van der Waals surface area contributed by atoms with Crippen molar-refractivity contribution in [1.82, 2.24) is 44.1 Å². The van der Waals surface area contributed by atoms with E-state index in [-0.39, 0.29) is 19.0 Å². The van der Waals surface area contributed by atoms with Crippen LogP contribution in [-0.2, 0) is 24.3 Å². The van der Waals surface area contributed by atoms with Crippen molar-refractivity contribution in [3.8, 4) is 23.0 Å². The summed E-state index contributed by atoms with van der Waals surface area (Å²) in [6.45, 7) is 2.21. The third kappa shape index (κ3) is 4.12. The van der Waals surface area contributed by atoms with Gasteiger partial charge in [0.25, 0.3) is 0 Å². The van der Waals surface area contributed by atoms with Gasteiger partial charge in [-0.1, -0.05) is 12.1 Å². The molecule has 1 aromatic carbocycles. The molecule has 6 rings (SSSR count). The van der Waals surface area contributed by atoms with Crippen molar-refractivity contribution in [2.45, 2.75) is 25.4 Å². The van der Waals surface area contributed by atoms with Gasteiger partial charge in [-0.15, -0.1) is 10.2 Å². The molecule has 1 aliphatic heterocycles. The number of halogens is 3. The summed E-state index contributed by atoms with van der Waals surface area (Å²) in [5, 5.41) is 15.1. The van der Waals surface area contributed by atoms with Gasteiger partial charge in [-0.3, -0.25) is 9.25 Å². The Morgan fingerprint density at radius 3 is 2.69 bits per heavy atom. The lowest BCUT2D eigenvalue weighted by Crippen LogP contribution is -2.32. The number of hydrogen-bond acceptors (Lipinski definition) is 8. The fourth-order valence-corrected chi connectivity index (χ4v) is 4.69. The SMILES string of the molecule is COC[C@H]1Cn2cc(-c3nc(Nc4ccnn4C)ncc3C)nc2-c2nnc(C(F)(F)c3ccccc3F)n21. The Hall–Kier alpha value is -4.59. The molecule has 0 fully saturated rings. The second kappa shape index (κ2) is 9.31. The lowest BCUT2D eigenvalue weighted by atomic mass is 10.1. The molecule has 1 aliphatic rings. The Balaban J connectivity index is 1.43. The average Bonchev–Trinajstić information content (AvgIpc) is 3.64. The second-order valence-electron chi connectivity index (χ2n) is 9.17. The molecule has 200 valence electrons. The molecule has 0 amide bonds. The van der Waals surface area contributed by atoms with Gasteiger partial charge in [-0.25, -0.2) is 19.3 Å². The van der Waals surface area contributed by atoms with Gasteiger partial charge in [0.05, 0.1) is 30.1 Å². The highest BCUT2D eigenvalue weighted by Crippen LogP contribution is 2.41. The molecule has 0 spiro atoms. The first-order chi connectivity index (χ1) is 18.8. The summed E-state index contributed by atoms with van der Waals surface area (Å²) >= 11 is 0. The van der Waals surface area contributed by atoms with Gasteiger partial charge in [-0.2, -0.15) is 13.9 Å². The molecule has 0 saturated heterocycles. The van der Waals surface area contributed by atoms with E-state index in [1.807, 2.05) is 11.5 Å². The van der Waals surface area contributed by atoms with Crippen LogP contribution in [0.5, 0.6) is 0 Å². The highest BCUT2D eigenvalue weighted by atomic mass is 19.3. The van der Waals surface area contributed by atoms with Gasteiger partial charge in [0.1, 0.15) is 17.3 Å². The van der Waals surface area contributed by atoms with Crippen molar-refractivity contribution in [1.29, 1.82) is 0 Å². The minimum Gasteiger partial charge on any atom is -0.382 e. The molecular weight excluding hydrogens is 513 g/mol. The number of nitrogens with zero attached hydrogens (tertiary/aromatic N) is 9. The van der Waals surface area contributed by atoms with Crippen molar-refractivity contribution in [3.05, 3.63) is 71.7 Å². The molecule has 14 heteroatoms. The summed E-state index contributed by atoms with van der Waals surface area (Å²) < 4.78 is 55.8. The molecule has 1 N–H and O–H groups in total. The normalized spacial score (nSPS) is 14.8. The Bertz CT molecular complexity index is 1670. The third-order valence-corrected chi connectivity index (χ3v) is 6.57. The van der Waals surface area contributed by atoms with Crippen molar-refractivity contribution < 1.29 is 17.9 Å². The summed E-state index contributed by atoms with van der Waals surface area (Å²) in [5.41, 5.74) is 1.05. The number of benzene rings is 1. The van der Waals surface area contributed by atoms with Crippen molar-refractivity contribution >= 4 is 11.8 Å². The van der Waals surface area contributed by atoms with E-state index in [1.54, 1.807) is 36.4 Å². The van der Waals surface area contributed by atoms with Crippen LogP contribution in [0, 0.1) is 12.7 Å². The van der Waals surface area contributed by atoms with Crippen molar-refractivity contribution in [2.24, 2.45) is 7.05 Å². The maximum atomic E-state index is 15.6. The fraction of sp³-hybridized carbons (Fsp3) is 0.280. The van der Waals surface area contributed by atoms with Gasteiger partial charge in [0, 0.05) is 39.2 Å². The quantitative estimate of drug-likeness (QED) is 0.334. The number of hydrogen-bond donors (Lipinski definition) is 1. The standard InChI is InChI=1S/C25H23F3N10O/c1-14-10-29-24(32-19-8-9-30-36(19)2)33-20(14)18-12-37-11-15(13-39-3)38-22(21(37)31-18)34-35-23(38)25(27,28)16-6-4-5-7-17(16)26/h4-10,12,15H,11,13H2,1-3H3,(H,29,32,33)/t15-/m1/s1. The van der Waals surface area contributed by atoms with Gasteiger partial charge in [0.2, 0.25) is 17.6 Å². The number of rotatable bonds is 7. The van der Waals surface area contributed by atoms with Crippen LogP contribution in [0.3, 0.4) is 0 Å². The van der Waals surface area contributed by atoms with Crippen LogP contribution in [0.2, 0.25) is 0 Å². The largest absolute Gasteiger partial charge is 0.382 e. The molecule has 39 heavy (non-hydrogen) atoms. The van der Waals surface area contributed by atoms with E-state index in [0.29, 0.717) is 29.0 Å². The van der Waals surface area contributed by atoms with Crippen LogP contribution in [0.25, 0.3) is 23.0 Å². The van der Waals surface area contributed by atoms with Crippen LogP contribution in [0.1, 0.15) is 23.0 Å². The molecule has 0 saturated carbocycles. The molecule has 5 heterocycles. The Morgan fingerprint density at radius 1 is 1.13 bits per heavy atom. The summed E-state index contributed by atoms with van der Waals surface area (Å²) in [5.74, 6) is -3.94. The smallest absolute Gasteiger partial charge is 0.334 e. The van der Waals surface area contributed by atoms with Crippen LogP contribution >= 0.6 is 0 Å². The Morgan fingerprint density at radius 2 is 1.95 bits per heavy atom.